The van der Waals surface area contributed by atoms with Gasteiger partial charge in [-0.25, -0.2) is 4.79 Å². The van der Waals surface area contributed by atoms with Gasteiger partial charge in [-0.2, -0.15) is 0 Å². The highest BCUT2D eigenvalue weighted by Crippen LogP contribution is 2.20. The Bertz CT molecular complexity index is 757. The molecule has 3 rings (SSSR count). The molecule has 2 saturated heterocycles. The van der Waals surface area contributed by atoms with Crippen LogP contribution in [-0.4, -0.2) is 96.9 Å². The minimum Gasteiger partial charge on any atom is -0.348 e. The average molecular weight is 416 g/mol. The molecule has 1 aromatic carbocycles. The van der Waals surface area contributed by atoms with Gasteiger partial charge in [-0.15, -0.1) is 0 Å². The number of urea groups is 1. The van der Waals surface area contributed by atoms with Gasteiger partial charge in [0.25, 0.3) is 5.91 Å². The Morgan fingerprint density at radius 3 is 2.27 bits per heavy atom. The summed E-state index contributed by atoms with van der Waals surface area (Å²) < 4.78 is 0. The second-order valence-electron chi connectivity index (χ2n) is 8.40. The molecule has 0 bridgehead atoms. The van der Waals surface area contributed by atoms with E-state index in [0.29, 0.717) is 44.0 Å². The normalized spacial score (nSPS) is 20.0. The Morgan fingerprint density at radius 2 is 1.67 bits per heavy atom. The van der Waals surface area contributed by atoms with Crippen LogP contribution in [0.25, 0.3) is 0 Å². The van der Waals surface area contributed by atoms with Crippen molar-refractivity contribution in [3.63, 3.8) is 0 Å². The van der Waals surface area contributed by atoms with Crippen molar-refractivity contribution in [3.8, 4) is 0 Å². The van der Waals surface area contributed by atoms with Crippen molar-refractivity contribution >= 4 is 23.5 Å². The monoisotopic (exact) mass is 415 g/mol. The van der Waals surface area contributed by atoms with Crippen LogP contribution in [0.2, 0.25) is 0 Å². The highest BCUT2D eigenvalue weighted by atomic mass is 16.2. The Hall–Kier alpha value is -2.61. The molecule has 1 unspecified atom stereocenters. The van der Waals surface area contributed by atoms with E-state index in [4.69, 9.17) is 0 Å². The topological polar surface area (TPSA) is 76.2 Å². The van der Waals surface area contributed by atoms with Crippen LogP contribution < -0.4 is 5.32 Å². The van der Waals surface area contributed by atoms with E-state index in [2.05, 4.69) is 17.1 Å². The number of amides is 4. The number of likely N-dealkylation sites (tertiary alicyclic amines) is 1. The molecule has 1 aromatic rings. The van der Waals surface area contributed by atoms with Crippen LogP contribution in [0.4, 0.5) is 10.5 Å². The molecule has 2 fully saturated rings. The zero-order valence-electron chi connectivity index (χ0n) is 18.3. The Morgan fingerprint density at radius 1 is 1.00 bits per heavy atom. The van der Waals surface area contributed by atoms with Crippen LogP contribution in [0, 0.1) is 0 Å². The van der Waals surface area contributed by atoms with Gasteiger partial charge in [0.1, 0.15) is 0 Å². The molecule has 1 atom stereocenters. The number of rotatable bonds is 4. The van der Waals surface area contributed by atoms with E-state index in [1.165, 1.54) is 6.42 Å². The summed E-state index contributed by atoms with van der Waals surface area (Å²) in [7, 11) is 3.50. The van der Waals surface area contributed by atoms with Gasteiger partial charge < -0.3 is 20.0 Å². The summed E-state index contributed by atoms with van der Waals surface area (Å²) in [6, 6.07) is 7.25. The van der Waals surface area contributed by atoms with E-state index in [1.54, 1.807) is 48.2 Å². The van der Waals surface area contributed by atoms with Crippen molar-refractivity contribution in [3.05, 3.63) is 29.8 Å². The molecule has 2 aliphatic rings. The Kier molecular flexibility index (Phi) is 7.31. The van der Waals surface area contributed by atoms with E-state index in [-0.39, 0.29) is 23.9 Å². The third-order valence-corrected chi connectivity index (χ3v) is 5.96. The molecule has 2 aliphatic heterocycles. The maximum atomic E-state index is 12.7. The molecule has 164 valence electrons. The Labute approximate surface area is 178 Å². The van der Waals surface area contributed by atoms with Crippen molar-refractivity contribution in [1.82, 2.24) is 19.6 Å². The second kappa shape index (κ2) is 9.93. The molecule has 0 radical (unpaired) electrons. The van der Waals surface area contributed by atoms with Crippen molar-refractivity contribution < 1.29 is 14.4 Å². The van der Waals surface area contributed by atoms with E-state index in [1.807, 2.05) is 4.90 Å². The van der Waals surface area contributed by atoms with Crippen LogP contribution in [-0.2, 0) is 4.79 Å². The quantitative estimate of drug-likeness (QED) is 0.815. The molecule has 0 saturated carbocycles. The molecule has 0 aliphatic carbocycles. The van der Waals surface area contributed by atoms with Crippen LogP contribution in [0.3, 0.4) is 0 Å². The smallest absolute Gasteiger partial charge is 0.321 e. The maximum Gasteiger partial charge on any atom is 0.321 e. The molecule has 0 spiro atoms. The molecule has 4 amide bonds. The lowest BCUT2D eigenvalue weighted by atomic mass is 10.0. The first-order chi connectivity index (χ1) is 14.3. The zero-order valence-corrected chi connectivity index (χ0v) is 18.3. The summed E-state index contributed by atoms with van der Waals surface area (Å²) in [6.45, 7) is 5.80. The van der Waals surface area contributed by atoms with Gasteiger partial charge in [0.05, 0.1) is 6.54 Å². The van der Waals surface area contributed by atoms with Gasteiger partial charge in [-0.3, -0.25) is 14.5 Å². The van der Waals surface area contributed by atoms with Gasteiger partial charge in [-0.05, 0) is 50.5 Å². The molecule has 2 heterocycles. The first-order valence-electron chi connectivity index (χ1n) is 10.7. The molecular formula is C22H33N5O3. The molecule has 8 heteroatoms. The number of piperazine rings is 1. The summed E-state index contributed by atoms with van der Waals surface area (Å²) >= 11 is 0. The average Bonchev–Trinajstić information content (AvgIpc) is 2.74. The second-order valence-corrected chi connectivity index (χ2v) is 8.40. The van der Waals surface area contributed by atoms with Gasteiger partial charge in [0.15, 0.2) is 0 Å². The van der Waals surface area contributed by atoms with Gasteiger partial charge >= 0.3 is 6.03 Å². The van der Waals surface area contributed by atoms with E-state index >= 15 is 0 Å². The number of hydrogen-bond acceptors (Lipinski definition) is 4. The fourth-order valence-corrected chi connectivity index (χ4v) is 3.91. The van der Waals surface area contributed by atoms with E-state index in [9.17, 15) is 14.4 Å². The number of nitrogens with one attached hydrogen (secondary N) is 1. The summed E-state index contributed by atoms with van der Waals surface area (Å²) in [5.41, 5.74) is 1.33. The lowest BCUT2D eigenvalue weighted by Gasteiger charge is -2.34. The number of anilines is 1. The zero-order chi connectivity index (χ0) is 21.7. The van der Waals surface area contributed by atoms with Gasteiger partial charge in [0, 0.05) is 64.1 Å². The number of benzene rings is 1. The largest absolute Gasteiger partial charge is 0.348 e. The van der Waals surface area contributed by atoms with Crippen LogP contribution in [0.5, 0.6) is 0 Å². The molecular weight excluding hydrogens is 382 g/mol. The number of likely N-dealkylation sites (N-methyl/N-ethyl adjacent to an activating group) is 1. The summed E-state index contributed by atoms with van der Waals surface area (Å²) in [5, 5.41) is 2.91. The van der Waals surface area contributed by atoms with Crippen LogP contribution in [0.1, 0.15) is 36.5 Å². The molecule has 1 N–H and O–H groups in total. The number of nitrogens with zero attached hydrogens (tertiary/aromatic N) is 4. The first kappa shape index (κ1) is 22.1. The number of carbonyl (C=O) groups excluding carboxylic acids is 3. The van der Waals surface area contributed by atoms with Crippen molar-refractivity contribution in [2.45, 2.75) is 32.2 Å². The highest BCUT2D eigenvalue weighted by Gasteiger charge is 2.25. The molecule has 0 aromatic heterocycles. The van der Waals surface area contributed by atoms with E-state index in [0.717, 1.165) is 19.4 Å². The number of carbonyl (C=O) groups is 3. The fraction of sp³-hybridized carbons (Fsp3) is 0.591. The van der Waals surface area contributed by atoms with Gasteiger partial charge in [0.2, 0.25) is 5.91 Å². The third kappa shape index (κ3) is 5.50. The van der Waals surface area contributed by atoms with E-state index < -0.39 is 0 Å². The SMILES string of the molecule is CC1CCCCN1C(=O)c1ccc(NC(=O)N2CCN(CC(=O)N(C)C)CC2)cc1. The van der Waals surface area contributed by atoms with Crippen LogP contribution >= 0.6 is 0 Å². The van der Waals surface area contributed by atoms with Crippen molar-refractivity contribution in [2.24, 2.45) is 0 Å². The predicted octanol–water partition coefficient (Wildman–Crippen LogP) is 1.94. The minimum atomic E-state index is -0.155. The minimum absolute atomic E-state index is 0.0588. The lowest BCUT2D eigenvalue weighted by molar-refractivity contribution is -0.130. The first-order valence-corrected chi connectivity index (χ1v) is 10.7. The summed E-state index contributed by atoms with van der Waals surface area (Å²) in [6.07, 6.45) is 3.29. The highest BCUT2D eigenvalue weighted by molar-refractivity contribution is 5.95. The third-order valence-electron chi connectivity index (χ3n) is 5.96. The molecule has 30 heavy (non-hydrogen) atoms. The fourth-order valence-electron chi connectivity index (χ4n) is 3.91. The summed E-state index contributed by atoms with van der Waals surface area (Å²) in [5.74, 6) is 0.130. The van der Waals surface area contributed by atoms with Crippen LogP contribution in [0.15, 0.2) is 24.3 Å². The number of hydrogen-bond donors (Lipinski definition) is 1. The van der Waals surface area contributed by atoms with Gasteiger partial charge in [-0.1, -0.05) is 0 Å². The number of piperidine rings is 1. The summed E-state index contributed by atoms with van der Waals surface area (Å²) in [4.78, 5) is 44.5. The predicted molar refractivity (Wildman–Crippen MR) is 117 cm³/mol. The molecule has 8 nitrogen and oxygen atoms in total. The lowest BCUT2D eigenvalue weighted by Crippen LogP contribution is -2.52. The maximum absolute atomic E-state index is 12.7. The standard InChI is InChI=1S/C22H33N5O3/c1-17-6-4-5-11-27(17)21(29)18-7-9-19(10-8-18)23-22(30)26-14-12-25(13-15-26)16-20(28)24(2)3/h7-10,17H,4-6,11-16H2,1-3H3,(H,23,30). The Balaban J connectivity index is 1.49. The van der Waals surface area contributed by atoms with Crippen molar-refractivity contribution in [2.75, 3.05) is 58.7 Å². The van der Waals surface area contributed by atoms with Crippen molar-refractivity contribution in [1.29, 1.82) is 0 Å².